The zero-order chi connectivity index (χ0) is 8.85. The summed E-state index contributed by atoms with van der Waals surface area (Å²) >= 11 is 0. The Hall–Kier alpha value is -0.790. The SMILES string of the molecule is CN/C(C)=C(\C=N)CC(C)C. The molecule has 0 aromatic heterocycles. The maximum absolute atomic E-state index is 7.16. The van der Waals surface area contributed by atoms with Crippen LogP contribution in [0.5, 0.6) is 0 Å². The van der Waals surface area contributed by atoms with Gasteiger partial charge in [0.1, 0.15) is 0 Å². The Bertz CT molecular complexity index is 157. The molecule has 0 aromatic rings. The summed E-state index contributed by atoms with van der Waals surface area (Å²) in [4.78, 5) is 0. The van der Waals surface area contributed by atoms with Crippen LogP contribution in [0.1, 0.15) is 27.2 Å². The first-order valence-electron chi connectivity index (χ1n) is 3.99. The highest BCUT2D eigenvalue weighted by molar-refractivity contribution is 5.76. The van der Waals surface area contributed by atoms with Crippen LogP contribution in [0.4, 0.5) is 0 Å². The van der Waals surface area contributed by atoms with Crippen LogP contribution in [0.15, 0.2) is 11.3 Å². The monoisotopic (exact) mass is 154 g/mol. The van der Waals surface area contributed by atoms with Gasteiger partial charge in [-0.05, 0) is 24.8 Å². The van der Waals surface area contributed by atoms with E-state index in [9.17, 15) is 0 Å². The summed E-state index contributed by atoms with van der Waals surface area (Å²) in [6.45, 7) is 6.32. The molecular formula is C9H18N2. The molecule has 0 spiro atoms. The van der Waals surface area contributed by atoms with Crippen LogP contribution in [0, 0.1) is 11.3 Å². The lowest BCUT2D eigenvalue weighted by Gasteiger charge is -2.09. The second-order valence-corrected chi connectivity index (χ2v) is 3.14. The highest BCUT2D eigenvalue weighted by atomic mass is 14.8. The van der Waals surface area contributed by atoms with Gasteiger partial charge >= 0.3 is 0 Å². The van der Waals surface area contributed by atoms with E-state index >= 15 is 0 Å². The molecule has 0 amide bonds. The van der Waals surface area contributed by atoms with Crippen LogP contribution in [0.25, 0.3) is 0 Å². The molecule has 0 heterocycles. The largest absolute Gasteiger partial charge is 0.391 e. The first kappa shape index (κ1) is 10.2. The van der Waals surface area contributed by atoms with Gasteiger partial charge < -0.3 is 10.7 Å². The van der Waals surface area contributed by atoms with E-state index in [-0.39, 0.29) is 0 Å². The summed E-state index contributed by atoms with van der Waals surface area (Å²) in [6.07, 6.45) is 2.42. The maximum atomic E-state index is 7.16. The van der Waals surface area contributed by atoms with Crippen LogP contribution in [0.3, 0.4) is 0 Å². The highest BCUT2D eigenvalue weighted by Crippen LogP contribution is 2.10. The molecule has 0 aromatic carbocycles. The average molecular weight is 154 g/mol. The second kappa shape index (κ2) is 4.94. The number of nitrogens with one attached hydrogen (secondary N) is 2. The van der Waals surface area contributed by atoms with E-state index in [0.717, 1.165) is 17.7 Å². The van der Waals surface area contributed by atoms with Crippen LogP contribution in [-0.2, 0) is 0 Å². The summed E-state index contributed by atoms with van der Waals surface area (Å²) in [5.74, 6) is 0.620. The third kappa shape index (κ3) is 3.81. The fourth-order valence-corrected chi connectivity index (χ4v) is 0.921. The Balaban J connectivity index is 4.26. The van der Waals surface area contributed by atoms with E-state index in [2.05, 4.69) is 19.2 Å². The molecule has 11 heavy (non-hydrogen) atoms. The van der Waals surface area contributed by atoms with E-state index in [1.807, 2.05) is 14.0 Å². The van der Waals surface area contributed by atoms with Gasteiger partial charge in [0.05, 0.1) is 0 Å². The average Bonchev–Trinajstić information content (AvgIpc) is 1.98. The summed E-state index contributed by atoms with van der Waals surface area (Å²) in [5.41, 5.74) is 2.20. The molecule has 0 aliphatic heterocycles. The summed E-state index contributed by atoms with van der Waals surface area (Å²) < 4.78 is 0. The van der Waals surface area contributed by atoms with Crippen LogP contribution in [0.2, 0.25) is 0 Å². The lowest BCUT2D eigenvalue weighted by molar-refractivity contribution is 0.648. The molecule has 0 bridgehead atoms. The number of allylic oxidation sites excluding steroid dienone is 2. The highest BCUT2D eigenvalue weighted by Gasteiger charge is 2.00. The van der Waals surface area contributed by atoms with Gasteiger partial charge in [-0.2, -0.15) is 0 Å². The molecular weight excluding hydrogens is 136 g/mol. The first-order valence-corrected chi connectivity index (χ1v) is 3.99. The fourth-order valence-electron chi connectivity index (χ4n) is 0.921. The molecule has 2 nitrogen and oxygen atoms in total. The van der Waals surface area contributed by atoms with Crippen LogP contribution < -0.4 is 5.32 Å². The minimum Gasteiger partial charge on any atom is -0.391 e. The fraction of sp³-hybridized carbons (Fsp3) is 0.667. The molecule has 0 rings (SSSR count). The topological polar surface area (TPSA) is 35.9 Å². The molecule has 0 saturated heterocycles. The summed E-state index contributed by atoms with van der Waals surface area (Å²) in [6, 6.07) is 0. The number of hydrogen-bond acceptors (Lipinski definition) is 2. The van der Waals surface area contributed by atoms with Crippen molar-refractivity contribution in [3.8, 4) is 0 Å². The summed E-state index contributed by atoms with van der Waals surface area (Å²) in [5, 5.41) is 10.2. The molecule has 64 valence electrons. The van der Waals surface area contributed by atoms with Crippen molar-refractivity contribution in [3.63, 3.8) is 0 Å². The van der Waals surface area contributed by atoms with Gasteiger partial charge in [-0.25, -0.2) is 0 Å². The normalized spacial score (nSPS) is 12.8. The Labute approximate surface area is 69.2 Å². The predicted octanol–water partition coefficient (Wildman–Crippen LogP) is 2.18. The van der Waals surface area contributed by atoms with Gasteiger partial charge in [-0.15, -0.1) is 0 Å². The van der Waals surface area contributed by atoms with Crippen LogP contribution >= 0.6 is 0 Å². The standard InChI is InChI=1S/C9H18N2/c1-7(2)5-9(6-10)8(3)11-4/h6-7,10-11H,5H2,1-4H3/b9-8-,10-6?. The Morgan fingerprint density at radius 3 is 2.36 bits per heavy atom. The maximum Gasteiger partial charge on any atom is 0.0227 e. The van der Waals surface area contributed by atoms with Gasteiger partial charge in [0, 0.05) is 19.0 Å². The molecule has 0 atom stereocenters. The van der Waals surface area contributed by atoms with Crippen molar-refractivity contribution < 1.29 is 0 Å². The van der Waals surface area contributed by atoms with Gasteiger partial charge in [0.15, 0.2) is 0 Å². The lowest BCUT2D eigenvalue weighted by Crippen LogP contribution is -2.08. The van der Waals surface area contributed by atoms with Gasteiger partial charge in [-0.1, -0.05) is 13.8 Å². The minimum absolute atomic E-state index is 0.620. The van der Waals surface area contributed by atoms with Crippen molar-refractivity contribution >= 4 is 6.21 Å². The molecule has 0 aliphatic carbocycles. The van der Waals surface area contributed by atoms with E-state index in [4.69, 9.17) is 5.41 Å². The lowest BCUT2D eigenvalue weighted by atomic mass is 10.0. The first-order chi connectivity index (χ1) is 5.11. The zero-order valence-electron chi connectivity index (χ0n) is 7.86. The molecule has 2 N–H and O–H groups in total. The van der Waals surface area contributed by atoms with Crippen molar-refractivity contribution in [2.24, 2.45) is 5.92 Å². The molecule has 0 radical (unpaired) electrons. The van der Waals surface area contributed by atoms with Crippen LogP contribution in [-0.4, -0.2) is 13.3 Å². The number of hydrogen-bond donors (Lipinski definition) is 2. The van der Waals surface area contributed by atoms with Gasteiger partial charge in [0.2, 0.25) is 0 Å². The smallest absolute Gasteiger partial charge is 0.0227 e. The Kier molecular flexibility index (Phi) is 4.59. The number of rotatable bonds is 4. The Morgan fingerprint density at radius 2 is 2.09 bits per heavy atom. The van der Waals surface area contributed by atoms with Gasteiger partial charge in [0.25, 0.3) is 0 Å². The molecule has 2 heteroatoms. The predicted molar refractivity (Wildman–Crippen MR) is 50.0 cm³/mol. The quantitative estimate of drug-likeness (QED) is 0.598. The molecule has 0 aliphatic rings. The summed E-state index contributed by atoms with van der Waals surface area (Å²) in [7, 11) is 1.89. The van der Waals surface area contributed by atoms with E-state index in [1.54, 1.807) is 0 Å². The third-order valence-corrected chi connectivity index (χ3v) is 1.66. The third-order valence-electron chi connectivity index (χ3n) is 1.66. The van der Waals surface area contributed by atoms with Crippen molar-refractivity contribution in [3.05, 3.63) is 11.3 Å². The van der Waals surface area contributed by atoms with Crippen molar-refractivity contribution in [1.29, 1.82) is 5.41 Å². The molecule has 0 fully saturated rings. The zero-order valence-corrected chi connectivity index (χ0v) is 7.86. The van der Waals surface area contributed by atoms with E-state index < -0.39 is 0 Å². The Morgan fingerprint density at radius 1 is 1.55 bits per heavy atom. The van der Waals surface area contributed by atoms with E-state index in [0.29, 0.717) is 5.92 Å². The van der Waals surface area contributed by atoms with E-state index in [1.165, 1.54) is 6.21 Å². The van der Waals surface area contributed by atoms with Gasteiger partial charge in [-0.3, -0.25) is 0 Å². The van der Waals surface area contributed by atoms with Crippen molar-refractivity contribution in [1.82, 2.24) is 5.32 Å². The molecule has 0 saturated carbocycles. The molecule has 0 unspecified atom stereocenters. The minimum atomic E-state index is 0.620. The second-order valence-electron chi connectivity index (χ2n) is 3.14. The van der Waals surface area contributed by atoms with Crippen molar-refractivity contribution in [2.75, 3.05) is 7.05 Å². The van der Waals surface area contributed by atoms with Crippen molar-refractivity contribution in [2.45, 2.75) is 27.2 Å².